The van der Waals surface area contributed by atoms with Gasteiger partial charge >= 0.3 is 5.97 Å². The fourth-order valence-electron chi connectivity index (χ4n) is 4.44. The van der Waals surface area contributed by atoms with Gasteiger partial charge in [-0.15, -0.1) is 0 Å². The number of hydrogen-bond donors (Lipinski definition) is 1. The van der Waals surface area contributed by atoms with E-state index in [9.17, 15) is 18.0 Å². The molecule has 3 heterocycles. The van der Waals surface area contributed by atoms with Crippen LogP contribution in [0.2, 0.25) is 0 Å². The lowest BCUT2D eigenvalue weighted by Gasteiger charge is -2.34. The molecule has 1 fully saturated rings. The number of primary amides is 1. The second-order valence-electron chi connectivity index (χ2n) is 8.51. The zero-order valence-electron chi connectivity index (χ0n) is 20.0. The van der Waals surface area contributed by atoms with E-state index in [-0.39, 0.29) is 30.3 Å². The first-order valence-electron chi connectivity index (χ1n) is 11.4. The summed E-state index contributed by atoms with van der Waals surface area (Å²) in [4.78, 5) is 31.2. The molecule has 1 amide bonds. The normalized spacial score (nSPS) is 15.4. The number of amides is 1. The second-order valence-corrected chi connectivity index (χ2v) is 10.5. The molecule has 186 valence electrons. The van der Waals surface area contributed by atoms with Crippen molar-refractivity contribution >= 4 is 32.8 Å². The van der Waals surface area contributed by atoms with E-state index in [4.69, 9.17) is 15.5 Å². The molecule has 0 aliphatic carbocycles. The van der Waals surface area contributed by atoms with Crippen LogP contribution in [0.3, 0.4) is 0 Å². The van der Waals surface area contributed by atoms with Crippen LogP contribution in [-0.4, -0.2) is 71.8 Å². The zero-order valence-corrected chi connectivity index (χ0v) is 20.8. The van der Waals surface area contributed by atoms with Crippen molar-refractivity contribution in [3.05, 3.63) is 59.0 Å². The first kappa shape index (κ1) is 24.8. The van der Waals surface area contributed by atoms with Crippen LogP contribution in [0.15, 0.2) is 41.4 Å². The molecule has 4 rings (SSSR count). The summed E-state index contributed by atoms with van der Waals surface area (Å²) in [5.41, 5.74) is 8.15. The summed E-state index contributed by atoms with van der Waals surface area (Å²) in [7, 11) is -2.19. The third-order valence-corrected chi connectivity index (χ3v) is 8.15. The molecule has 2 N–H and O–H groups in total. The number of ether oxygens (including phenoxy) is 1. The van der Waals surface area contributed by atoms with E-state index < -0.39 is 21.9 Å². The standard InChI is InChI=1S/C24H29N5O5S/c1-4-34-24(31)22-16(2)18-7-5-6-8-19(18)26-20(22)15-28-9-11-29(12-10-28)35(32,33)17-13-21(23(25)30)27(3)14-17/h5-8,13-14H,4,9-12,15H2,1-3H3,(H2,25,30). The SMILES string of the molecule is CCOC(=O)c1c(CN2CCN(S(=O)(=O)c3cc(C(N)=O)n(C)c3)CC2)nc2ccccc2c1C. The van der Waals surface area contributed by atoms with Gasteiger partial charge in [0.05, 0.1) is 23.4 Å². The average Bonchev–Trinajstić information content (AvgIpc) is 3.22. The third-order valence-electron chi connectivity index (χ3n) is 6.28. The van der Waals surface area contributed by atoms with Crippen LogP contribution in [0, 0.1) is 6.92 Å². The summed E-state index contributed by atoms with van der Waals surface area (Å²) >= 11 is 0. The molecular weight excluding hydrogens is 470 g/mol. The number of nitrogens with zero attached hydrogens (tertiary/aromatic N) is 4. The number of piperazine rings is 1. The molecule has 35 heavy (non-hydrogen) atoms. The Labute approximate surface area is 204 Å². The third kappa shape index (κ3) is 4.79. The van der Waals surface area contributed by atoms with Crippen molar-refractivity contribution in [2.45, 2.75) is 25.3 Å². The predicted octanol–water partition coefficient (Wildman–Crippen LogP) is 1.66. The molecule has 0 spiro atoms. The number of esters is 1. The minimum Gasteiger partial charge on any atom is -0.462 e. The Morgan fingerprint density at radius 1 is 1.14 bits per heavy atom. The van der Waals surface area contributed by atoms with Crippen molar-refractivity contribution in [2.75, 3.05) is 32.8 Å². The Morgan fingerprint density at radius 3 is 2.46 bits per heavy atom. The topological polar surface area (TPSA) is 128 Å². The molecule has 2 aromatic heterocycles. The largest absolute Gasteiger partial charge is 0.462 e. The molecule has 1 aliphatic heterocycles. The molecule has 0 radical (unpaired) electrons. The number of hydrogen-bond acceptors (Lipinski definition) is 7. The smallest absolute Gasteiger partial charge is 0.340 e. The molecule has 0 atom stereocenters. The van der Waals surface area contributed by atoms with Crippen LogP contribution in [0.25, 0.3) is 10.9 Å². The van der Waals surface area contributed by atoms with Gasteiger partial charge in [0.25, 0.3) is 5.91 Å². The van der Waals surface area contributed by atoms with Crippen LogP contribution < -0.4 is 5.73 Å². The quantitative estimate of drug-likeness (QED) is 0.490. The van der Waals surface area contributed by atoms with Gasteiger partial charge in [-0.1, -0.05) is 18.2 Å². The molecule has 0 bridgehead atoms. The summed E-state index contributed by atoms with van der Waals surface area (Å²) in [5, 5.41) is 0.897. The molecule has 0 unspecified atom stereocenters. The number of aromatic nitrogens is 2. The number of carbonyl (C=O) groups excluding carboxylic acids is 2. The fourth-order valence-corrected chi connectivity index (χ4v) is 5.93. The molecule has 1 aliphatic rings. The monoisotopic (exact) mass is 499 g/mol. The molecule has 0 saturated carbocycles. The first-order chi connectivity index (χ1) is 16.6. The zero-order chi connectivity index (χ0) is 25.3. The number of aryl methyl sites for hydroxylation is 2. The van der Waals surface area contributed by atoms with Crippen LogP contribution in [0.4, 0.5) is 0 Å². The van der Waals surface area contributed by atoms with E-state index in [1.54, 1.807) is 14.0 Å². The minimum absolute atomic E-state index is 0.0404. The van der Waals surface area contributed by atoms with Crippen LogP contribution in [0.1, 0.15) is 39.0 Å². The van der Waals surface area contributed by atoms with Gasteiger partial charge in [-0.25, -0.2) is 13.2 Å². The molecule has 1 aromatic carbocycles. The number of pyridine rings is 1. The highest BCUT2D eigenvalue weighted by molar-refractivity contribution is 7.89. The lowest BCUT2D eigenvalue weighted by molar-refractivity contribution is 0.0522. The fraction of sp³-hybridized carbons (Fsp3) is 0.375. The van der Waals surface area contributed by atoms with Crippen molar-refractivity contribution < 1.29 is 22.7 Å². The minimum atomic E-state index is -3.77. The highest BCUT2D eigenvalue weighted by Crippen LogP contribution is 2.26. The van der Waals surface area contributed by atoms with Crippen LogP contribution in [0.5, 0.6) is 0 Å². The van der Waals surface area contributed by atoms with Gasteiger partial charge in [0.1, 0.15) is 10.6 Å². The number of rotatable bonds is 7. The number of nitrogens with two attached hydrogens (primary N) is 1. The molecule has 1 saturated heterocycles. The maximum atomic E-state index is 13.1. The van der Waals surface area contributed by atoms with Gasteiger partial charge < -0.3 is 15.0 Å². The van der Waals surface area contributed by atoms with Crippen LogP contribution in [-0.2, 0) is 28.4 Å². The van der Waals surface area contributed by atoms with E-state index in [0.717, 1.165) is 16.5 Å². The van der Waals surface area contributed by atoms with Crippen molar-refractivity contribution in [3.63, 3.8) is 0 Å². The van der Waals surface area contributed by atoms with E-state index in [1.165, 1.54) is 21.1 Å². The van der Waals surface area contributed by atoms with Gasteiger partial charge in [0.2, 0.25) is 10.0 Å². The number of para-hydroxylation sites is 1. The Hall–Kier alpha value is -3.28. The lowest BCUT2D eigenvalue weighted by atomic mass is 10.0. The van der Waals surface area contributed by atoms with Gasteiger partial charge in [-0.2, -0.15) is 4.31 Å². The summed E-state index contributed by atoms with van der Waals surface area (Å²) in [6.07, 6.45) is 1.40. The number of fused-ring (bicyclic) bond motifs is 1. The summed E-state index contributed by atoms with van der Waals surface area (Å²) in [6.45, 7) is 5.78. The first-order valence-corrected chi connectivity index (χ1v) is 12.8. The molecule has 10 nitrogen and oxygen atoms in total. The summed E-state index contributed by atoms with van der Waals surface area (Å²) in [5.74, 6) is -1.09. The highest BCUT2D eigenvalue weighted by atomic mass is 32.2. The van der Waals surface area contributed by atoms with E-state index in [2.05, 4.69) is 4.90 Å². The number of benzene rings is 1. The van der Waals surface area contributed by atoms with Crippen molar-refractivity contribution in [1.29, 1.82) is 0 Å². The highest BCUT2D eigenvalue weighted by Gasteiger charge is 2.31. The second kappa shape index (κ2) is 9.76. The van der Waals surface area contributed by atoms with E-state index >= 15 is 0 Å². The molecule has 11 heteroatoms. The molecular formula is C24H29N5O5S. The van der Waals surface area contributed by atoms with Gasteiger partial charge in [-0.05, 0) is 31.5 Å². The predicted molar refractivity (Wildman–Crippen MR) is 130 cm³/mol. The molecule has 3 aromatic rings. The van der Waals surface area contributed by atoms with Crippen molar-refractivity contribution in [3.8, 4) is 0 Å². The summed E-state index contributed by atoms with van der Waals surface area (Å²) in [6, 6.07) is 8.95. The van der Waals surface area contributed by atoms with E-state index in [1.807, 2.05) is 31.2 Å². The Kier molecular flexibility index (Phi) is 6.93. The Balaban J connectivity index is 1.54. The van der Waals surface area contributed by atoms with Crippen LogP contribution >= 0.6 is 0 Å². The number of carbonyl (C=O) groups is 2. The Morgan fingerprint density at radius 2 is 1.83 bits per heavy atom. The average molecular weight is 500 g/mol. The van der Waals surface area contributed by atoms with Gasteiger partial charge in [0.15, 0.2) is 0 Å². The van der Waals surface area contributed by atoms with Gasteiger partial charge in [-0.3, -0.25) is 14.7 Å². The lowest BCUT2D eigenvalue weighted by Crippen LogP contribution is -2.48. The van der Waals surface area contributed by atoms with Gasteiger partial charge in [0, 0.05) is 51.4 Å². The maximum Gasteiger partial charge on any atom is 0.340 e. The number of sulfonamides is 1. The summed E-state index contributed by atoms with van der Waals surface area (Å²) < 4.78 is 34.3. The maximum absolute atomic E-state index is 13.1. The van der Waals surface area contributed by atoms with E-state index in [0.29, 0.717) is 30.9 Å². The Bertz CT molecular complexity index is 1390. The van der Waals surface area contributed by atoms with Crippen molar-refractivity contribution in [2.24, 2.45) is 12.8 Å². The van der Waals surface area contributed by atoms with Crippen molar-refractivity contribution in [1.82, 2.24) is 18.8 Å².